The topological polar surface area (TPSA) is 86.7 Å². The first kappa shape index (κ1) is 17.8. The van der Waals surface area contributed by atoms with Crippen LogP contribution < -0.4 is 5.32 Å². The fraction of sp³-hybridized carbons (Fsp3) is 0.400. The number of carbonyl (C=O) groups excluding carboxylic acids is 2. The highest BCUT2D eigenvalue weighted by molar-refractivity contribution is 5.97. The summed E-state index contributed by atoms with van der Waals surface area (Å²) in [5.74, 6) is -2.35. The van der Waals surface area contributed by atoms with Crippen molar-refractivity contribution in [2.24, 2.45) is 0 Å². The van der Waals surface area contributed by atoms with E-state index in [9.17, 15) is 27.6 Å². The summed E-state index contributed by atoms with van der Waals surface area (Å²) in [4.78, 5) is 36.0. The van der Waals surface area contributed by atoms with Gasteiger partial charge in [0.25, 0.3) is 5.91 Å². The van der Waals surface area contributed by atoms with Gasteiger partial charge in [-0.05, 0) is 37.1 Å². The molecule has 9 heteroatoms. The smallest absolute Gasteiger partial charge is 0.416 e. The summed E-state index contributed by atoms with van der Waals surface area (Å²) in [6, 6.07) is 2.67. The van der Waals surface area contributed by atoms with Gasteiger partial charge >= 0.3 is 12.1 Å². The van der Waals surface area contributed by atoms with E-state index in [2.05, 4.69) is 5.32 Å². The van der Waals surface area contributed by atoms with Crippen LogP contribution in [0.25, 0.3) is 0 Å². The Hall–Kier alpha value is -2.58. The number of likely N-dealkylation sites (tertiary alicyclic amines) is 1. The highest BCUT2D eigenvalue weighted by Gasteiger charge is 2.34. The first-order chi connectivity index (χ1) is 11.2. The summed E-state index contributed by atoms with van der Waals surface area (Å²) in [6.45, 7) is -0.115. The van der Waals surface area contributed by atoms with E-state index in [-0.39, 0.29) is 5.56 Å². The van der Waals surface area contributed by atoms with E-state index in [0.29, 0.717) is 19.4 Å². The second-order valence-corrected chi connectivity index (χ2v) is 5.34. The number of carbonyl (C=O) groups is 3. The van der Waals surface area contributed by atoms with Gasteiger partial charge < -0.3 is 15.3 Å². The number of nitrogens with zero attached hydrogens (tertiary/aromatic N) is 1. The second kappa shape index (κ2) is 6.90. The molecule has 2 N–H and O–H groups in total. The zero-order valence-corrected chi connectivity index (χ0v) is 12.5. The molecule has 0 spiro atoms. The lowest BCUT2D eigenvalue weighted by Crippen LogP contribution is -2.45. The lowest BCUT2D eigenvalue weighted by molar-refractivity contribution is -0.147. The average molecular weight is 344 g/mol. The van der Waals surface area contributed by atoms with Gasteiger partial charge in [0.1, 0.15) is 6.04 Å². The molecular weight excluding hydrogens is 329 g/mol. The van der Waals surface area contributed by atoms with E-state index >= 15 is 0 Å². The third-order valence-corrected chi connectivity index (χ3v) is 3.73. The summed E-state index contributed by atoms with van der Waals surface area (Å²) < 4.78 is 37.4. The lowest BCUT2D eigenvalue weighted by Gasteiger charge is -2.21. The van der Waals surface area contributed by atoms with Gasteiger partial charge in [-0.1, -0.05) is 0 Å². The Bertz CT molecular complexity index is 643. The minimum atomic E-state index is -4.49. The summed E-state index contributed by atoms with van der Waals surface area (Å²) >= 11 is 0. The Morgan fingerprint density at radius 1 is 1.21 bits per heavy atom. The van der Waals surface area contributed by atoms with Crippen LogP contribution in [-0.4, -0.2) is 46.9 Å². The molecule has 1 aromatic carbocycles. The van der Waals surface area contributed by atoms with Gasteiger partial charge in [-0.3, -0.25) is 9.59 Å². The number of benzene rings is 1. The van der Waals surface area contributed by atoms with Crippen molar-refractivity contribution in [3.8, 4) is 0 Å². The molecule has 0 unspecified atom stereocenters. The predicted octanol–water partition coefficient (Wildman–Crippen LogP) is 1.51. The largest absolute Gasteiger partial charge is 0.480 e. The van der Waals surface area contributed by atoms with Crippen molar-refractivity contribution in [1.29, 1.82) is 0 Å². The van der Waals surface area contributed by atoms with Crippen LogP contribution in [-0.2, 0) is 15.8 Å². The molecule has 0 aliphatic carbocycles. The van der Waals surface area contributed by atoms with Crippen LogP contribution in [0.3, 0.4) is 0 Å². The predicted molar refractivity (Wildman–Crippen MR) is 76.1 cm³/mol. The van der Waals surface area contributed by atoms with E-state index in [4.69, 9.17) is 5.11 Å². The van der Waals surface area contributed by atoms with Crippen molar-refractivity contribution < 1.29 is 32.7 Å². The number of hydrogen-bond acceptors (Lipinski definition) is 3. The molecule has 2 rings (SSSR count). The Morgan fingerprint density at radius 2 is 1.83 bits per heavy atom. The number of aliphatic carboxylic acids is 1. The molecule has 0 bridgehead atoms. The normalized spacial score (nSPS) is 17.6. The molecule has 130 valence electrons. The van der Waals surface area contributed by atoms with E-state index in [1.165, 1.54) is 4.90 Å². The van der Waals surface area contributed by atoms with Crippen molar-refractivity contribution in [1.82, 2.24) is 10.2 Å². The van der Waals surface area contributed by atoms with Gasteiger partial charge in [-0.15, -0.1) is 0 Å². The quantitative estimate of drug-likeness (QED) is 0.867. The van der Waals surface area contributed by atoms with Gasteiger partial charge in [0.05, 0.1) is 12.1 Å². The summed E-state index contributed by atoms with van der Waals surface area (Å²) in [5.41, 5.74) is -0.900. The minimum Gasteiger partial charge on any atom is -0.480 e. The molecule has 6 nitrogen and oxygen atoms in total. The van der Waals surface area contributed by atoms with Gasteiger partial charge in [0.15, 0.2) is 0 Å². The molecule has 1 saturated heterocycles. The molecule has 1 atom stereocenters. The lowest BCUT2D eigenvalue weighted by atomic mass is 10.1. The van der Waals surface area contributed by atoms with Gasteiger partial charge in [0.2, 0.25) is 5.91 Å². The number of carboxylic acids is 1. The third-order valence-electron chi connectivity index (χ3n) is 3.73. The zero-order chi connectivity index (χ0) is 17.9. The number of nitrogens with one attached hydrogen (secondary N) is 1. The standard InChI is InChI=1S/C15H15F3N2O4/c16-15(17,18)10-5-3-9(4-6-10)13(22)19-8-12(21)20-7-1-2-11(20)14(23)24/h3-6,11H,1-2,7-8H2,(H,19,22)(H,23,24)/t11-/m0/s1. The zero-order valence-electron chi connectivity index (χ0n) is 12.5. The SMILES string of the molecule is O=C(NCC(=O)N1CCC[C@H]1C(=O)O)c1ccc(C(F)(F)F)cc1. The van der Waals surface area contributed by atoms with Crippen LogP contribution in [0.4, 0.5) is 13.2 Å². The van der Waals surface area contributed by atoms with Crippen LogP contribution in [0.1, 0.15) is 28.8 Å². The maximum absolute atomic E-state index is 12.5. The van der Waals surface area contributed by atoms with Crippen LogP contribution >= 0.6 is 0 Å². The average Bonchev–Trinajstić information content (AvgIpc) is 3.01. The first-order valence-electron chi connectivity index (χ1n) is 7.18. The Kier molecular flexibility index (Phi) is 5.10. The third kappa shape index (κ3) is 4.03. The van der Waals surface area contributed by atoms with E-state index in [1.54, 1.807) is 0 Å². The van der Waals surface area contributed by atoms with Gasteiger partial charge in [0, 0.05) is 12.1 Å². The number of halogens is 3. The number of rotatable bonds is 4. The van der Waals surface area contributed by atoms with Crippen LogP contribution in [0, 0.1) is 0 Å². The number of alkyl halides is 3. The molecule has 0 radical (unpaired) electrons. The first-order valence-corrected chi connectivity index (χ1v) is 7.18. The fourth-order valence-corrected chi connectivity index (χ4v) is 2.49. The maximum Gasteiger partial charge on any atom is 0.416 e. The van der Waals surface area contributed by atoms with Crippen molar-refractivity contribution in [3.05, 3.63) is 35.4 Å². The Labute approximate surface area is 135 Å². The van der Waals surface area contributed by atoms with Gasteiger partial charge in [-0.25, -0.2) is 4.79 Å². The molecule has 1 aromatic rings. The summed E-state index contributed by atoms with van der Waals surface area (Å²) in [7, 11) is 0. The fourth-order valence-electron chi connectivity index (χ4n) is 2.49. The molecule has 24 heavy (non-hydrogen) atoms. The molecule has 2 amide bonds. The van der Waals surface area contributed by atoms with Crippen LogP contribution in [0.15, 0.2) is 24.3 Å². The second-order valence-electron chi connectivity index (χ2n) is 5.34. The molecule has 0 aromatic heterocycles. The molecule has 1 aliphatic heterocycles. The summed E-state index contributed by atoms with van der Waals surface area (Å²) in [6.07, 6.45) is -3.57. The molecular formula is C15H15F3N2O4. The number of carboxylic acid groups (broad SMARTS) is 1. The number of hydrogen-bond donors (Lipinski definition) is 2. The Morgan fingerprint density at radius 3 is 2.38 bits per heavy atom. The van der Waals surface area contributed by atoms with E-state index in [1.807, 2.05) is 0 Å². The molecule has 1 fully saturated rings. The minimum absolute atomic E-state index is 0.0213. The van der Waals surface area contributed by atoms with Crippen molar-refractivity contribution in [2.45, 2.75) is 25.1 Å². The van der Waals surface area contributed by atoms with Crippen molar-refractivity contribution in [3.63, 3.8) is 0 Å². The van der Waals surface area contributed by atoms with Crippen LogP contribution in [0.5, 0.6) is 0 Å². The molecule has 1 heterocycles. The number of amides is 2. The van der Waals surface area contributed by atoms with Crippen molar-refractivity contribution in [2.75, 3.05) is 13.1 Å². The van der Waals surface area contributed by atoms with Gasteiger partial charge in [-0.2, -0.15) is 13.2 Å². The van der Waals surface area contributed by atoms with Crippen LogP contribution in [0.2, 0.25) is 0 Å². The highest BCUT2D eigenvalue weighted by Crippen LogP contribution is 2.29. The Balaban J connectivity index is 1.93. The monoisotopic (exact) mass is 344 g/mol. The highest BCUT2D eigenvalue weighted by atomic mass is 19.4. The summed E-state index contributed by atoms with van der Waals surface area (Å²) in [5, 5.41) is 11.3. The maximum atomic E-state index is 12.5. The van der Waals surface area contributed by atoms with Crippen molar-refractivity contribution >= 4 is 17.8 Å². The molecule has 0 saturated carbocycles. The van der Waals surface area contributed by atoms with E-state index in [0.717, 1.165) is 24.3 Å². The van der Waals surface area contributed by atoms with E-state index < -0.39 is 42.1 Å². The molecule has 1 aliphatic rings.